The van der Waals surface area contributed by atoms with Gasteiger partial charge in [0, 0.05) is 43.8 Å². The molecule has 1 atom stereocenters. The SMILES string of the molecule is COc1ccc(C(=O)N(CC(F)F)c2ccccn2)c(N2CCC(COc3cc(C(CC(=O)O)C4CC4)ccn3)CC2)c1.FC(F)CNc1ccccn1. The molecule has 1 saturated carbocycles. The van der Waals surface area contributed by atoms with E-state index in [0.717, 1.165) is 36.1 Å². The summed E-state index contributed by atoms with van der Waals surface area (Å²) in [5.41, 5.74) is 1.87. The number of ether oxygens (including phenoxy) is 2. The number of carboxylic acids is 1. The van der Waals surface area contributed by atoms with Crippen LogP contribution in [-0.4, -0.2) is 84.7 Å². The molecule has 1 aliphatic carbocycles. The van der Waals surface area contributed by atoms with Crippen molar-refractivity contribution < 1.29 is 41.7 Å². The number of pyridine rings is 3. The predicted octanol–water partition coefficient (Wildman–Crippen LogP) is 7.42. The molecule has 2 N–H and O–H groups in total. The number of methoxy groups -OCH3 is 1. The minimum Gasteiger partial charge on any atom is -0.497 e. The lowest BCUT2D eigenvalue weighted by molar-refractivity contribution is -0.137. The molecule has 11 nitrogen and oxygen atoms in total. The lowest BCUT2D eigenvalue weighted by Crippen LogP contribution is -2.39. The zero-order valence-electron chi connectivity index (χ0n) is 29.9. The molecule has 1 saturated heterocycles. The number of nitrogens with zero attached hydrogens (tertiary/aromatic N) is 5. The smallest absolute Gasteiger partial charge is 0.303 e. The Hall–Kier alpha value is -5.47. The Labute approximate surface area is 311 Å². The molecular formula is C39H44F4N6O5. The third-order valence-electron chi connectivity index (χ3n) is 9.22. The van der Waals surface area contributed by atoms with Crippen molar-refractivity contribution in [2.45, 2.75) is 50.9 Å². The first-order valence-corrected chi connectivity index (χ1v) is 17.8. The standard InChI is InChI=1S/C32H36F2N4O5.C7H8F2N2/c1-42-24-7-8-25(32(41)38(19-28(33)34)29-4-2-3-12-35-29)27(17-24)37-14-10-21(11-15-37)20-43-30-16-23(9-13-36-30)26(18-31(39)40)22-5-6-22;8-6(9)5-11-7-3-1-2-4-10-7/h2-4,7-9,12-13,16-17,21-22,26,28H,5-6,10-11,14-15,18-20H2,1H3,(H,39,40);1-4,6H,5H2,(H,10,11). The van der Waals surface area contributed by atoms with Crippen LogP contribution < -0.4 is 24.6 Å². The van der Waals surface area contributed by atoms with Gasteiger partial charge in [-0.15, -0.1) is 0 Å². The Morgan fingerprint density at radius 3 is 2.26 bits per heavy atom. The molecule has 54 heavy (non-hydrogen) atoms. The van der Waals surface area contributed by atoms with Gasteiger partial charge >= 0.3 is 5.97 Å². The summed E-state index contributed by atoms with van der Waals surface area (Å²) in [6, 6.07) is 18.7. The highest BCUT2D eigenvalue weighted by Crippen LogP contribution is 2.45. The monoisotopic (exact) mass is 752 g/mol. The maximum absolute atomic E-state index is 13.7. The number of amides is 1. The molecule has 2 aliphatic rings. The zero-order valence-corrected chi connectivity index (χ0v) is 29.9. The molecule has 0 spiro atoms. The lowest BCUT2D eigenvalue weighted by Gasteiger charge is -2.35. The fourth-order valence-electron chi connectivity index (χ4n) is 6.33. The van der Waals surface area contributed by atoms with Crippen molar-refractivity contribution in [2.24, 2.45) is 11.8 Å². The first kappa shape index (κ1) is 39.7. The molecule has 1 unspecified atom stereocenters. The molecule has 6 rings (SSSR count). The number of aliphatic carboxylic acids is 1. The molecule has 1 aromatic carbocycles. The normalized spacial score (nSPS) is 14.9. The van der Waals surface area contributed by atoms with Gasteiger partial charge in [-0.25, -0.2) is 32.5 Å². The van der Waals surface area contributed by atoms with Gasteiger partial charge in [0.2, 0.25) is 5.88 Å². The number of anilines is 3. The minimum absolute atomic E-state index is 0.0276. The molecule has 3 aromatic heterocycles. The van der Waals surface area contributed by atoms with Gasteiger partial charge in [-0.05, 0) is 91.5 Å². The average Bonchev–Trinajstić information content (AvgIpc) is 4.04. The molecule has 15 heteroatoms. The molecule has 1 aliphatic heterocycles. The average molecular weight is 753 g/mol. The van der Waals surface area contributed by atoms with E-state index in [-0.39, 0.29) is 30.6 Å². The van der Waals surface area contributed by atoms with Crippen molar-refractivity contribution >= 4 is 29.2 Å². The molecule has 2 fully saturated rings. The Balaban J connectivity index is 0.000000438. The summed E-state index contributed by atoms with van der Waals surface area (Å²) < 4.78 is 61.8. The number of rotatable bonds is 16. The van der Waals surface area contributed by atoms with Gasteiger partial charge in [0.05, 0.1) is 44.5 Å². The van der Waals surface area contributed by atoms with E-state index in [1.165, 1.54) is 12.3 Å². The molecular weight excluding hydrogens is 708 g/mol. The van der Waals surface area contributed by atoms with E-state index in [1.807, 2.05) is 12.1 Å². The highest BCUT2D eigenvalue weighted by atomic mass is 19.3. The maximum atomic E-state index is 13.7. The molecule has 4 aromatic rings. The number of aromatic nitrogens is 3. The lowest BCUT2D eigenvalue weighted by atomic mass is 9.92. The summed E-state index contributed by atoms with van der Waals surface area (Å²) in [7, 11) is 1.54. The van der Waals surface area contributed by atoms with Crippen molar-refractivity contribution in [1.29, 1.82) is 0 Å². The highest BCUT2D eigenvalue weighted by Gasteiger charge is 2.34. The van der Waals surface area contributed by atoms with Crippen LogP contribution in [-0.2, 0) is 4.79 Å². The number of benzene rings is 1. The van der Waals surface area contributed by atoms with E-state index in [2.05, 4.69) is 25.2 Å². The van der Waals surface area contributed by atoms with Gasteiger partial charge in [0.1, 0.15) is 17.4 Å². The molecule has 0 bridgehead atoms. The summed E-state index contributed by atoms with van der Waals surface area (Å²) in [5, 5.41) is 11.8. The number of nitrogens with one attached hydrogen (secondary N) is 1. The summed E-state index contributed by atoms with van der Waals surface area (Å²) >= 11 is 0. The number of carbonyl (C=O) groups is 2. The van der Waals surface area contributed by atoms with Crippen LogP contribution in [0, 0.1) is 11.8 Å². The second kappa shape index (κ2) is 19.6. The van der Waals surface area contributed by atoms with Crippen molar-refractivity contribution in [3.63, 3.8) is 0 Å². The van der Waals surface area contributed by atoms with Gasteiger partial charge in [-0.1, -0.05) is 12.1 Å². The van der Waals surface area contributed by atoms with E-state index in [9.17, 15) is 32.3 Å². The molecule has 4 heterocycles. The van der Waals surface area contributed by atoms with Crippen molar-refractivity contribution in [3.05, 3.63) is 96.4 Å². The Morgan fingerprint density at radius 2 is 1.65 bits per heavy atom. The second-order valence-electron chi connectivity index (χ2n) is 13.1. The quantitative estimate of drug-likeness (QED) is 0.112. The van der Waals surface area contributed by atoms with Gasteiger partial charge in [-0.3, -0.25) is 14.5 Å². The highest BCUT2D eigenvalue weighted by molar-refractivity contribution is 6.09. The van der Waals surface area contributed by atoms with Crippen LogP contribution in [0.2, 0.25) is 0 Å². The molecule has 0 radical (unpaired) electrons. The van der Waals surface area contributed by atoms with Crippen molar-refractivity contribution in [1.82, 2.24) is 15.0 Å². The van der Waals surface area contributed by atoms with Crippen LogP contribution in [0.25, 0.3) is 0 Å². The van der Waals surface area contributed by atoms with E-state index >= 15 is 0 Å². The van der Waals surface area contributed by atoms with Gasteiger partial charge in [-0.2, -0.15) is 0 Å². The number of carbonyl (C=O) groups excluding carboxylic acids is 1. The van der Waals surface area contributed by atoms with Crippen LogP contribution in [0.5, 0.6) is 11.6 Å². The van der Waals surface area contributed by atoms with Crippen LogP contribution in [0.15, 0.2) is 85.3 Å². The summed E-state index contributed by atoms with van der Waals surface area (Å²) in [6.07, 6.45) is 3.39. The van der Waals surface area contributed by atoms with E-state index in [4.69, 9.17) is 9.47 Å². The minimum atomic E-state index is -2.73. The van der Waals surface area contributed by atoms with E-state index < -0.39 is 31.3 Å². The molecule has 288 valence electrons. The first-order chi connectivity index (χ1) is 26.1. The largest absolute Gasteiger partial charge is 0.497 e. The predicted molar refractivity (Wildman–Crippen MR) is 196 cm³/mol. The topological polar surface area (TPSA) is 130 Å². The number of alkyl halides is 4. The van der Waals surface area contributed by atoms with E-state index in [0.29, 0.717) is 54.3 Å². The number of carboxylic acid groups (broad SMARTS) is 1. The Kier molecular flexibility index (Phi) is 14.4. The molecule has 1 amide bonds. The second-order valence-corrected chi connectivity index (χ2v) is 13.1. The fraction of sp³-hybridized carbons (Fsp3) is 0.410. The number of hydrogen-bond donors (Lipinski definition) is 2. The van der Waals surface area contributed by atoms with Gasteiger partial charge < -0.3 is 24.8 Å². The summed E-state index contributed by atoms with van der Waals surface area (Å²) in [4.78, 5) is 40.4. The Morgan fingerprint density at radius 1 is 0.907 bits per heavy atom. The van der Waals surface area contributed by atoms with Crippen LogP contribution in [0.4, 0.5) is 34.9 Å². The van der Waals surface area contributed by atoms with Gasteiger partial charge in [0.25, 0.3) is 18.8 Å². The van der Waals surface area contributed by atoms with Gasteiger partial charge in [0.15, 0.2) is 0 Å². The number of hydrogen-bond acceptors (Lipinski definition) is 9. The summed E-state index contributed by atoms with van der Waals surface area (Å²) in [6.45, 7) is 0.610. The number of halogens is 4. The first-order valence-electron chi connectivity index (χ1n) is 17.8. The van der Waals surface area contributed by atoms with Crippen LogP contribution in [0.3, 0.4) is 0 Å². The van der Waals surface area contributed by atoms with E-state index in [1.54, 1.807) is 68.0 Å². The zero-order chi connectivity index (χ0) is 38.5. The van der Waals surface area contributed by atoms with Crippen LogP contribution in [0.1, 0.15) is 53.9 Å². The third kappa shape index (κ3) is 11.8. The van der Waals surface area contributed by atoms with Crippen molar-refractivity contribution in [2.75, 3.05) is 55.0 Å². The van der Waals surface area contributed by atoms with Crippen molar-refractivity contribution in [3.8, 4) is 11.6 Å². The van der Waals surface area contributed by atoms with Crippen LogP contribution >= 0.6 is 0 Å². The third-order valence-corrected chi connectivity index (χ3v) is 9.22. The fourth-order valence-corrected chi connectivity index (χ4v) is 6.33. The maximum Gasteiger partial charge on any atom is 0.303 e. The summed E-state index contributed by atoms with van der Waals surface area (Å²) in [5.74, 6) is 0.952. The number of piperidine rings is 1. The Bertz CT molecular complexity index is 1780.